The first kappa shape index (κ1) is 8.75. The van der Waals surface area contributed by atoms with E-state index in [4.69, 9.17) is 18.0 Å². The van der Waals surface area contributed by atoms with Crippen molar-refractivity contribution in [2.45, 2.75) is 0 Å². The van der Waals surface area contributed by atoms with Gasteiger partial charge in [0.05, 0.1) is 10.2 Å². The molecule has 2 heterocycles. The fourth-order valence-electron chi connectivity index (χ4n) is 1.50. The number of hydrogen-bond donors (Lipinski definition) is 1. The number of anilines is 1. The molecule has 3 aromatic rings. The number of thiazole rings is 1. The second-order valence-electron chi connectivity index (χ2n) is 3.05. The zero-order chi connectivity index (χ0) is 10.4. The van der Waals surface area contributed by atoms with E-state index >= 15 is 0 Å². The van der Waals surface area contributed by atoms with Crippen LogP contribution < -0.4 is 5.73 Å². The van der Waals surface area contributed by atoms with E-state index in [1.807, 2.05) is 28.7 Å². The molecular formula is C9H6N4S2. The summed E-state index contributed by atoms with van der Waals surface area (Å²) in [4.78, 5) is 8.92. The smallest absolute Gasteiger partial charge is 0.225 e. The third kappa shape index (κ3) is 1.22. The van der Waals surface area contributed by atoms with Crippen molar-refractivity contribution in [1.82, 2.24) is 14.4 Å². The van der Waals surface area contributed by atoms with Gasteiger partial charge >= 0.3 is 0 Å². The Morgan fingerprint density at radius 3 is 2.93 bits per heavy atom. The van der Waals surface area contributed by atoms with Gasteiger partial charge in [-0.3, -0.25) is 4.40 Å². The second kappa shape index (κ2) is 2.98. The molecule has 0 saturated carbocycles. The first-order valence-electron chi connectivity index (χ1n) is 4.29. The Morgan fingerprint density at radius 1 is 1.27 bits per heavy atom. The summed E-state index contributed by atoms with van der Waals surface area (Å²) in [7, 11) is 0. The summed E-state index contributed by atoms with van der Waals surface area (Å²) in [5.74, 6) is 0.228. The van der Waals surface area contributed by atoms with E-state index < -0.39 is 0 Å². The lowest BCUT2D eigenvalue weighted by atomic mass is 10.3. The molecule has 0 atom stereocenters. The Morgan fingerprint density at radius 2 is 2.07 bits per heavy atom. The topological polar surface area (TPSA) is 56.2 Å². The highest BCUT2D eigenvalue weighted by Crippen LogP contribution is 2.24. The van der Waals surface area contributed by atoms with Gasteiger partial charge in [-0.25, -0.2) is 0 Å². The van der Waals surface area contributed by atoms with Crippen molar-refractivity contribution < 1.29 is 0 Å². The van der Waals surface area contributed by atoms with Crippen molar-refractivity contribution in [2.75, 3.05) is 5.73 Å². The van der Waals surface area contributed by atoms with Crippen LogP contribution in [0.2, 0.25) is 0 Å². The number of para-hydroxylation sites is 1. The Bertz CT molecular complexity index is 713. The number of nitrogens with zero attached hydrogens (tertiary/aromatic N) is 3. The van der Waals surface area contributed by atoms with Gasteiger partial charge in [-0.2, -0.15) is 9.97 Å². The number of hydrogen-bond acceptors (Lipinski definition) is 5. The number of nitrogen functional groups attached to an aromatic ring is 1. The molecule has 3 rings (SSSR count). The molecule has 0 aliphatic rings. The highest BCUT2D eigenvalue weighted by atomic mass is 32.1. The van der Waals surface area contributed by atoms with E-state index in [1.54, 1.807) is 11.3 Å². The molecule has 0 radical (unpaired) electrons. The standard InChI is InChI=1S/C9H6N4S2/c10-7-11-8(14)13-5-3-1-2-4-6(5)15-9(13)12-7/h1-4H,(H2,10,11,14). The molecule has 6 heteroatoms. The van der Waals surface area contributed by atoms with E-state index in [0.717, 1.165) is 15.2 Å². The van der Waals surface area contributed by atoms with E-state index in [1.165, 1.54) is 0 Å². The highest BCUT2D eigenvalue weighted by Gasteiger charge is 2.06. The molecule has 2 N–H and O–H groups in total. The zero-order valence-corrected chi connectivity index (χ0v) is 9.18. The minimum atomic E-state index is 0.228. The van der Waals surface area contributed by atoms with Crippen LogP contribution in [0.15, 0.2) is 24.3 Å². The summed E-state index contributed by atoms with van der Waals surface area (Å²) in [6.07, 6.45) is 0. The lowest BCUT2D eigenvalue weighted by Crippen LogP contribution is -1.99. The maximum absolute atomic E-state index is 5.55. The van der Waals surface area contributed by atoms with Crippen LogP contribution in [0.4, 0.5) is 5.95 Å². The van der Waals surface area contributed by atoms with Gasteiger partial charge in [0.1, 0.15) is 0 Å². The summed E-state index contributed by atoms with van der Waals surface area (Å²) in [5, 5.41) is 0. The second-order valence-corrected chi connectivity index (χ2v) is 4.43. The van der Waals surface area contributed by atoms with Gasteiger partial charge in [-0.05, 0) is 24.4 Å². The van der Waals surface area contributed by atoms with E-state index in [9.17, 15) is 0 Å². The summed E-state index contributed by atoms with van der Waals surface area (Å²) >= 11 is 6.72. The van der Waals surface area contributed by atoms with Crippen LogP contribution in [-0.2, 0) is 0 Å². The molecule has 0 fully saturated rings. The van der Waals surface area contributed by atoms with Crippen LogP contribution in [0.1, 0.15) is 0 Å². The number of aromatic nitrogens is 3. The Hall–Kier alpha value is -1.53. The van der Waals surface area contributed by atoms with Gasteiger partial charge in [0.2, 0.25) is 10.7 Å². The molecule has 0 bridgehead atoms. The van der Waals surface area contributed by atoms with Crippen LogP contribution in [-0.4, -0.2) is 14.4 Å². The third-order valence-electron chi connectivity index (χ3n) is 2.11. The molecule has 2 aromatic heterocycles. The van der Waals surface area contributed by atoms with Gasteiger partial charge in [0, 0.05) is 0 Å². The van der Waals surface area contributed by atoms with Gasteiger partial charge in [-0.15, -0.1) is 0 Å². The van der Waals surface area contributed by atoms with Crippen molar-refractivity contribution in [2.24, 2.45) is 0 Å². The molecule has 15 heavy (non-hydrogen) atoms. The fraction of sp³-hybridized carbons (Fsp3) is 0. The molecule has 74 valence electrons. The van der Waals surface area contributed by atoms with Crippen molar-refractivity contribution in [3.05, 3.63) is 29.0 Å². The largest absolute Gasteiger partial charge is 0.368 e. The molecule has 1 aromatic carbocycles. The summed E-state index contributed by atoms with van der Waals surface area (Å²) in [5.41, 5.74) is 6.58. The molecule has 0 aliphatic heterocycles. The normalized spacial score (nSPS) is 11.2. The minimum absolute atomic E-state index is 0.228. The fourth-order valence-corrected chi connectivity index (χ4v) is 2.86. The number of rotatable bonds is 0. The average molecular weight is 234 g/mol. The molecule has 0 spiro atoms. The van der Waals surface area contributed by atoms with Crippen molar-refractivity contribution >= 4 is 44.7 Å². The third-order valence-corrected chi connectivity index (χ3v) is 3.41. The van der Waals surface area contributed by atoms with E-state index in [-0.39, 0.29) is 5.95 Å². The molecule has 0 saturated heterocycles. The Balaban J connectivity index is 2.67. The maximum Gasteiger partial charge on any atom is 0.225 e. The monoisotopic (exact) mass is 234 g/mol. The van der Waals surface area contributed by atoms with Crippen LogP contribution in [0.5, 0.6) is 0 Å². The van der Waals surface area contributed by atoms with Crippen LogP contribution in [0.25, 0.3) is 15.2 Å². The molecule has 0 aliphatic carbocycles. The van der Waals surface area contributed by atoms with Crippen LogP contribution in [0, 0.1) is 4.77 Å². The van der Waals surface area contributed by atoms with E-state index in [2.05, 4.69) is 9.97 Å². The number of nitrogens with two attached hydrogens (primary N) is 1. The predicted octanol–water partition coefficient (Wildman–Crippen LogP) is 2.26. The SMILES string of the molecule is Nc1nc(=S)n2c(n1)sc1ccccc12. The quantitative estimate of drug-likeness (QED) is 0.606. The van der Waals surface area contributed by atoms with Crippen LogP contribution in [0.3, 0.4) is 0 Å². The van der Waals surface area contributed by atoms with Crippen molar-refractivity contribution in [1.29, 1.82) is 0 Å². The summed E-state index contributed by atoms with van der Waals surface area (Å²) < 4.78 is 3.42. The van der Waals surface area contributed by atoms with Gasteiger partial charge in [0.15, 0.2) is 4.96 Å². The van der Waals surface area contributed by atoms with Crippen LogP contribution >= 0.6 is 23.6 Å². The van der Waals surface area contributed by atoms with E-state index in [0.29, 0.717) is 4.77 Å². The zero-order valence-electron chi connectivity index (χ0n) is 7.54. The number of benzene rings is 1. The number of fused-ring (bicyclic) bond motifs is 3. The maximum atomic E-state index is 5.55. The first-order chi connectivity index (χ1) is 7.25. The molecule has 0 unspecified atom stereocenters. The highest BCUT2D eigenvalue weighted by molar-refractivity contribution is 7.71. The van der Waals surface area contributed by atoms with Crippen molar-refractivity contribution in [3.63, 3.8) is 0 Å². The molecular weight excluding hydrogens is 228 g/mol. The van der Waals surface area contributed by atoms with Gasteiger partial charge in [0.25, 0.3) is 0 Å². The van der Waals surface area contributed by atoms with Gasteiger partial charge < -0.3 is 5.73 Å². The average Bonchev–Trinajstić information content (AvgIpc) is 2.54. The minimum Gasteiger partial charge on any atom is -0.368 e. The Labute approximate surface area is 94.0 Å². The molecule has 4 nitrogen and oxygen atoms in total. The first-order valence-corrected chi connectivity index (χ1v) is 5.52. The Kier molecular flexibility index (Phi) is 1.74. The van der Waals surface area contributed by atoms with Crippen molar-refractivity contribution in [3.8, 4) is 0 Å². The summed E-state index contributed by atoms with van der Waals surface area (Å²) in [6.45, 7) is 0. The lowest BCUT2D eigenvalue weighted by molar-refractivity contribution is 1.04. The summed E-state index contributed by atoms with van der Waals surface area (Å²) in [6, 6.07) is 7.97. The molecule has 0 amide bonds. The predicted molar refractivity (Wildman–Crippen MR) is 63.6 cm³/mol. The lowest BCUT2D eigenvalue weighted by Gasteiger charge is -1.95. The van der Waals surface area contributed by atoms with Gasteiger partial charge in [-0.1, -0.05) is 23.5 Å².